The van der Waals surface area contributed by atoms with Crippen LogP contribution >= 0.6 is 0 Å². The van der Waals surface area contributed by atoms with Crippen LogP contribution in [0, 0.1) is 0 Å². The first-order valence-electron chi connectivity index (χ1n) is 9.84. The fourth-order valence-corrected chi connectivity index (χ4v) is 3.24. The number of esters is 1. The third-order valence-corrected chi connectivity index (χ3v) is 4.52. The van der Waals surface area contributed by atoms with E-state index in [1.807, 2.05) is 13.1 Å². The number of ether oxygens (including phenoxy) is 1. The first kappa shape index (κ1) is 20.2. The lowest BCUT2D eigenvalue weighted by atomic mass is 10.0. The van der Waals surface area contributed by atoms with E-state index in [0.717, 1.165) is 18.7 Å². The van der Waals surface area contributed by atoms with E-state index in [0.29, 0.717) is 6.42 Å². The molecule has 0 fully saturated rings. The van der Waals surface area contributed by atoms with Crippen LogP contribution in [0.3, 0.4) is 0 Å². The molecule has 1 aliphatic rings. The van der Waals surface area contributed by atoms with Gasteiger partial charge in [-0.2, -0.15) is 0 Å². The number of hydrogen-bond donors (Lipinski definition) is 0. The smallest absolute Gasteiger partial charge is 0.302 e. The lowest BCUT2D eigenvalue weighted by molar-refractivity contribution is -0.145. The lowest BCUT2D eigenvalue weighted by Crippen LogP contribution is -2.23. The Kier molecular flexibility index (Phi) is 8.39. The van der Waals surface area contributed by atoms with E-state index in [2.05, 4.69) is 47.3 Å². The van der Waals surface area contributed by atoms with Gasteiger partial charge in [-0.3, -0.25) is 9.79 Å². The average Bonchev–Trinajstić information content (AvgIpc) is 2.61. The molecule has 0 radical (unpaired) electrons. The monoisotopic (exact) mass is 356 g/mol. The molecule has 26 heavy (non-hydrogen) atoms. The van der Waals surface area contributed by atoms with Gasteiger partial charge in [0.05, 0.1) is 12.2 Å². The van der Waals surface area contributed by atoms with Gasteiger partial charge in [0.1, 0.15) is 6.10 Å². The standard InChI is InChI=1S/C22H32N2O2/c1-4-5-6-7-8-10-20-11-9-12-22(16-20)24-14-13-23-21(17-24)15-18(2)26-19(3)25/h9,11-13,16-18H,4-8,10,14-15H2,1-3H3. The summed E-state index contributed by atoms with van der Waals surface area (Å²) in [7, 11) is 0. The summed E-state index contributed by atoms with van der Waals surface area (Å²) in [5, 5.41) is 0. The summed E-state index contributed by atoms with van der Waals surface area (Å²) in [5.41, 5.74) is 3.53. The molecule has 0 N–H and O–H groups in total. The Balaban J connectivity index is 1.93. The largest absolute Gasteiger partial charge is 0.462 e. The van der Waals surface area contributed by atoms with E-state index in [1.54, 1.807) is 0 Å². The molecular formula is C22H32N2O2. The molecule has 0 saturated carbocycles. The minimum atomic E-state index is -0.249. The van der Waals surface area contributed by atoms with E-state index in [4.69, 9.17) is 4.74 Å². The molecular weight excluding hydrogens is 324 g/mol. The minimum Gasteiger partial charge on any atom is -0.462 e. The summed E-state index contributed by atoms with van der Waals surface area (Å²) in [6.45, 7) is 6.36. The van der Waals surface area contributed by atoms with Crippen LogP contribution in [0.1, 0.15) is 64.9 Å². The van der Waals surface area contributed by atoms with Crippen LogP contribution in [-0.2, 0) is 16.0 Å². The maximum atomic E-state index is 11.1. The number of unbranched alkanes of at least 4 members (excludes halogenated alkanes) is 4. The Hall–Kier alpha value is -2.10. The molecule has 1 unspecified atom stereocenters. The maximum Gasteiger partial charge on any atom is 0.302 e. The SMILES string of the molecule is CCCCCCCc1cccc(N2C=C(CC(C)OC(C)=O)N=CC2)c1. The third kappa shape index (κ3) is 7.03. The molecule has 0 bridgehead atoms. The van der Waals surface area contributed by atoms with Crippen LogP contribution in [0.5, 0.6) is 0 Å². The molecule has 142 valence electrons. The Morgan fingerprint density at radius 3 is 2.85 bits per heavy atom. The summed E-state index contributed by atoms with van der Waals surface area (Å²) in [6.07, 6.45) is 12.1. The van der Waals surface area contributed by atoms with Gasteiger partial charge >= 0.3 is 5.97 Å². The second kappa shape index (κ2) is 10.8. The number of anilines is 1. The topological polar surface area (TPSA) is 41.9 Å². The average molecular weight is 357 g/mol. The fraction of sp³-hybridized carbons (Fsp3) is 0.545. The number of aryl methyl sites for hydroxylation is 1. The lowest BCUT2D eigenvalue weighted by Gasteiger charge is -2.24. The van der Waals surface area contributed by atoms with Crippen molar-refractivity contribution in [1.82, 2.24) is 0 Å². The second-order valence-corrected chi connectivity index (χ2v) is 7.04. The zero-order chi connectivity index (χ0) is 18.8. The van der Waals surface area contributed by atoms with Gasteiger partial charge in [-0.25, -0.2) is 0 Å². The van der Waals surface area contributed by atoms with Crippen molar-refractivity contribution in [2.75, 3.05) is 11.4 Å². The van der Waals surface area contributed by atoms with E-state index in [-0.39, 0.29) is 12.1 Å². The van der Waals surface area contributed by atoms with Crippen LogP contribution in [0.25, 0.3) is 0 Å². The van der Waals surface area contributed by atoms with Gasteiger partial charge in [-0.1, -0.05) is 44.7 Å². The van der Waals surface area contributed by atoms with Gasteiger partial charge in [0.2, 0.25) is 0 Å². The fourth-order valence-electron chi connectivity index (χ4n) is 3.24. The molecule has 1 heterocycles. The highest BCUT2D eigenvalue weighted by Gasteiger charge is 2.13. The molecule has 0 aromatic heterocycles. The number of carbonyl (C=O) groups is 1. The minimum absolute atomic E-state index is 0.162. The van der Waals surface area contributed by atoms with E-state index < -0.39 is 0 Å². The number of benzene rings is 1. The van der Waals surface area contributed by atoms with Crippen LogP contribution < -0.4 is 4.90 Å². The second-order valence-electron chi connectivity index (χ2n) is 7.04. The van der Waals surface area contributed by atoms with E-state index in [9.17, 15) is 4.79 Å². The molecule has 0 spiro atoms. The normalized spacial score (nSPS) is 14.9. The molecule has 0 saturated heterocycles. The summed E-state index contributed by atoms with van der Waals surface area (Å²) < 4.78 is 5.21. The molecule has 0 aliphatic carbocycles. The number of hydrogen-bond acceptors (Lipinski definition) is 4. The molecule has 1 atom stereocenters. The number of carbonyl (C=O) groups excluding carboxylic acids is 1. The van der Waals surface area contributed by atoms with Crippen LogP contribution in [0.2, 0.25) is 0 Å². The van der Waals surface area contributed by atoms with Crippen molar-refractivity contribution in [1.29, 1.82) is 0 Å². The quantitative estimate of drug-likeness (QED) is 0.423. The summed E-state index contributed by atoms with van der Waals surface area (Å²) >= 11 is 0. The Labute approximate surface area is 158 Å². The molecule has 4 nitrogen and oxygen atoms in total. The molecule has 1 aromatic carbocycles. The first-order valence-corrected chi connectivity index (χ1v) is 9.84. The Morgan fingerprint density at radius 2 is 2.08 bits per heavy atom. The number of aliphatic imine (C=N–C) groups is 1. The van der Waals surface area contributed by atoms with Crippen molar-refractivity contribution in [2.45, 2.75) is 71.8 Å². The zero-order valence-corrected chi connectivity index (χ0v) is 16.4. The van der Waals surface area contributed by atoms with Crippen LogP contribution in [0.4, 0.5) is 5.69 Å². The summed E-state index contributed by atoms with van der Waals surface area (Å²) in [6, 6.07) is 8.78. The van der Waals surface area contributed by atoms with E-state index in [1.165, 1.54) is 50.3 Å². The van der Waals surface area contributed by atoms with Crippen molar-refractivity contribution < 1.29 is 9.53 Å². The third-order valence-electron chi connectivity index (χ3n) is 4.52. The van der Waals surface area contributed by atoms with Crippen LogP contribution in [0.15, 0.2) is 41.2 Å². The van der Waals surface area contributed by atoms with E-state index >= 15 is 0 Å². The molecule has 4 heteroatoms. The van der Waals surface area contributed by atoms with Crippen molar-refractivity contribution in [3.05, 3.63) is 41.7 Å². The van der Waals surface area contributed by atoms with Crippen molar-refractivity contribution in [3.63, 3.8) is 0 Å². The first-order chi connectivity index (χ1) is 12.6. The molecule has 1 aliphatic heterocycles. The van der Waals surface area contributed by atoms with Crippen molar-refractivity contribution in [3.8, 4) is 0 Å². The molecule has 0 amide bonds. The van der Waals surface area contributed by atoms with Gasteiger partial charge in [0.15, 0.2) is 0 Å². The highest BCUT2D eigenvalue weighted by Crippen LogP contribution is 2.22. The summed E-state index contributed by atoms with van der Waals surface area (Å²) in [5.74, 6) is -0.249. The van der Waals surface area contributed by atoms with Crippen LogP contribution in [-0.4, -0.2) is 24.8 Å². The van der Waals surface area contributed by atoms with Gasteiger partial charge < -0.3 is 9.64 Å². The zero-order valence-electron chi connectivity index (χ0n) is 16.4. The molecule has 1 aromatic rings. The van der Waals surface area contributed by atoms with Gasteiger partial charge in [-0.15, -0.1) is 0 Å². The Bertz CT molecular complexity index is 637. The van der Waals surface area contributed by atoms with Gasteiger partial charge in [0.25, 0.3) is 0 Å². The summed E-state index contributed by atoms with van der Waals surface area (Å²) in [4.78, 5) is 17.7. The predicted octanol–water partition coefficient (Wildman–Crippen LogP) is 5.27. The van der Waals surface area contributed by atoms with Gasteiger partial charge in [-0.05, 0) is 37.5 Å². The molecule has 2 rings (SSSR count). The van der Waals surface area contributed by atoms with Gasteiger partial charge in [0, 0.05) is 31.4 Å². The Morgan fingerprint density at radius 1 is 1.27 bits per heavy atom. The number of nitrogens with zero attached hydrogens (tertiary/aromatic N) is 2. The number of rotatable bonds is 10. The van der Waals surface area contributed by atoms with Crippen molar-refractivity contribution >= 4 is 17.9 Å². The predicted molar refractivity (Wildman–Crippen MR) is 109 cm³/mol. The maximum absolute atomic E-state index is 11.1. The van der Waals surface area contributed by atoms with Crippen molar-refractivity contribution in [2.24, 2.45) is 4.99 Å². The highest BCUT2D eigenvalue weighted by atomic mass is 16.5. The highest BCUT2D eigenvalue weighted by molar-refractivity contribution is 5.71.